The van der Waals surface area contributed by atoms with Crippen LogP contribution in [-0.4, -0.2) is 42.0 Å². The summed E-state index contributed by atoms with van der Waals surface area (Å²) in [6, 6.07) is 0.741. The van der Waals surface area contributed by atoms with Gasteiger partial charge in [-0.25, -0.2) is 4.79 Å². The van der Waals surface area contributed by atoms with E-state index in [1.165, 1.54) is 51.4 Å². The van der Waals surface area contributed by atoms with Crippen LogP contribution in [0.15, 0.2) is 0 Å². The van der Waals surface area contributed by atoms with E-state index in [-0.39, 0.29) is 6.03 Å². The molecule has 0 bridgehead atoms. The molecule has 1 aliphatic carbocycles. The van der Waals surface area contributed by atoms with Gasteiger partial charge >= 0.3 is 6.03 Å². The number of rotatable bonds is 1. The van der Waals surface area contributed by atoms with Gasteiger partial charge in [-0.05, 0) is 31.6 Å². The van der Waals surface area contributed by atoms with Crippen molar-refractivity contribution in [1.82, 2.24) is 9.80 Å². The van der Waals surface area contributed by atoms with E-state index in [9.17, 15) is 4.79 Å². The second kappa shape index (κ2) is 6.44. The lowest BCUT2D eigenvalue weighted by Gasteiger charge is -2.38. The Morgan fingerprint density at radius 2 is 1.61 bits per heavy atom. The number of nitrogens with zero attached hydrogens (tertiary/aromatic N) is 2. The summed E-state index contributed by atoms with van der Waals surface area (Å²) in [5, 5.41) is 0. The minimum atomic E-state index is 0.274. The van der Waals surface area contributed by atoms with Crippen LogP contribution < -0.4 is 0 Å². The molecule has 1 aliphatic heterocycles. The molecule has 2 amide bonds. The SMILES string of the molecule is CC1CCCCC1N(C)C(=O)N1CCCCCC1. The van der Waals surface area contributed by atoms with E-state index in [1.807, 2.05) is 11.9 Å². The monoisotopic (exact) mass is 252 g/mol. The van der Waals surface area contributed by atoms with Gasteiger partial charge in [0, 0.05) is 26.2 Å². The van der Waals surface area contributed by atoms with E-state index in [2.05, 4.69) is 11.8 Å². The van der Waals surface area contributed by atoms with Crippen LogP contribution in [0.25, 0.3) is 0 Å². The van der Waals surface area contributed by atoms with Crippen molar-refractivity contribution in [1.29, 1.82) is 0 Å². The third-order valence-corrected chi connectivity index (χ3v) is 4.74. The van der Waals surface area contributed by atoms with Gasteiger partial charge in [0.25, 0.3) is 0 Å². The molecule has 1 heterocycles. The van der Waals surface area contributed by atoms with E-state index in [0.717, 1.165) is 13.1 Å². The van der Waals surface area contributed by atoms with Crippen LogP contribution in [0.3, 0.4) is 0 Å². The van der Waals surface area contributed by atoms with E-state index < -0.39 is 0 Å². The summed E-state index contributed by atoms with van der Waals surface area (Å²) in [6.45, 7) is 4.23. The molecule has 104 valence electrons. The Bertz CT molecular complexity index is 272. The van der Waals surface area contributed by atoms with Crippen LogP contribution in [0, 0.1) is 5.92 Å². The zero-order valence-electron chi connectivity index (χ0n) is 12.0. The summed E-state index contributed by atoms with van der Waals surface area (Å²) in [7, 11) is 2.01. The zero-order valence-corrected chi connectivity index (χ0v) is 12.0. The fourth-order valence-corrected chi connectivity index (χ4v) is 3.50. The standard InChI is InChI=1S/C15H28N2O/c1-13-9-5-6-10-14(13)16(2)15(18)17-11-7-3-4-8-12-17/h13-14H,3-12H2,1-2H3. The first kappa shape index (κ1) is 13.7. The molecule has 1 saturated carbocycles. The molecule has 0 N–H and O–H groups in total. The number of hydrogen-bond acceptors (Lipinski definition) is 1. The second-order valence-corrected chi connectivity index (χ2v) is 6.12. The largest absolute Gasteiger partial charge is 0.325 e. The molecule has 3 nitrogen and oxygen atoms in total. The number of hydrogen-bond donors (Lipinski definition) is 0. The maximum absolute atomic E-state index is 12.5. The Morgan fingerprint density at radius 1 is 1.00 bits per heavy atom. The topological polar surface area (TPSA) is 23.6 Å². The van der Waals surface area contributed by atoms with Crippen molar-refractivity contribution in [3.05, 3.63) is 0 Å². The first-order chi connectivity index (χ1) is 8.70. The first-order valence-corrected chi connectivity index (χ1v) is 7.72. The van der Waals surface area contributed by atoms with Gasteiger partial charge in [0.15, 0.2) is 0 Å². The molecule has 3 heteroatoms. The minimum Gasteiger partial charge on any atom is -0.325 e. The molecule has 1 saturated heterocycles. The van der Waals surface area contributed by atoms with Gasteiger partial charge in [-0.2, -0.15) is 0 Å². The average Bonchev–Trinajstić information content (AvgIpc) is 2.66. The number of carbonyl (C=O) groups is 1. The van der Waals surface area contributed by atoms with E-state index >= 15 is 0 Å². The van der Waals surface area contributed by atoms with E-state index in [0.29, 0.717) is 12.0 Å². The molecule has 0 aromatic rings. The Kier molecular flexibility index (Phi) is 4.90. The van der Waals surface area contributed by atoms with Crippen LogP contribution >= 0.6 is 0 Å². The van der Waals surface area contributed by atoms with Crippen LogP contribution in [0.1, 0.15) is 58.3 Å². The summed E-state index contributed by atoms with van der Waals surface area (Å²) in [5.74, 6) is 0.666. The van der Waals surface area contributed by atoms with Crippen molar-refractivity contribution < 1.29 is 4.79 Å². The number of likely N-dealkylation sites (tertiary alicyclic amines) is 1. The first-order valence-electron chi connectivity index (χ1n) is 7.72. The Balaban J connectivity index is 1.93. The van der Waals surface area contributed by atoms with Crippen molar-refractivity contribution >= 4 is 6.03 Å². The van der Waals surface area contributed by atoms with Crippen LogP contribution in [0.5, 0.6) is 0 Å². The van der Waals surface area contributed by atoms with Gasteiger partial charge in [0.2, 0.25) is 0 Å². The molecule has 0 spiro atoms. The van der Waals surface area contributed by atoms with Crippen molar-refractivity contribution in [3.8, 4) is 0 Å². The highest BCUT2D eigenvalue weighted by Crippen LogP contribution is 2.28. The molecule has 0 aromatic carbocycles. The predicted octanol–water partition coefficient (Wildman–Crippen LogP) is 3.49. The van der Waals surface area contributed by atoms with Crippen LogP contribution in [0.2, 0.25) is 0 Å². The fourth-order valence-electron chi connectivity index (χ4n) is 3.50. The normalized spacial score (nSPS) is 29.8. The minimum absolute atomic E-state index is 0.274. The molecule has 2 unspecified atom stereocenters. The second-order valence-electron chi connectivity index (χ2n) is 6.12. The van der Waals surface area contributed by atoms with E-state index in [1.54, 1.807) is 0 Å². The Hall–Kier alpha value is -0.730. The van der Waals surface area contributed by atoms with E-state index in [4.69, 9.17) is 0 Å². The molecule has 18 heavy (non-hydrogen) atoms. The molecule has 0 radical (unpaired) electrons. The van der Waals surface area contributed by atoms with Crippen molar-refractivity contribution in [2.45, 2.75) is 64.3 Å². The highest BCUT2D eigenvalue weighted by molar-refractivity contribution is 5.74. The number of amides is 2. The van der Waals surface area contributed by atoms with Gasteiger partial charge in [-0.15, -0.1) is 0 Å². The number of carbonyl (C=O) groups excluding carboxylic acids is 1. The van der Waals surface area contributed by atoms with Gasteiger partial charge < -0.3 is 9.80 Å². The Labute approximate surface area is 112 Å². The van der Waals surface area contributed by atoms with Gasteiger partial charge in [-0.3, -0.25) is 0 Å². The summed E-state index contributed by atoms with van der Waals surface area (Å²) < 4.78 is 0. The van der Waals surface area contributed by atoms with Gasteiger partial charge in [0.1, 0.15) is 0 Å². The average molecular weight is 252 g/mol. The third-order valence-electron chi connectivity index (χ3n) is 4.74. The molecule has 0 aromatic heterocycles. The van der Waals surface area contributed by atoms with Crippen LogP contribution in [0.4, 0.5) is 4.79 Å². The summed E-state index contributed by atoms with van der Waals surface area (Å²) in [6.07, 6.45) is 10.0. The Morgan fingerprint density at radius 3 is 2.22 bits per heavy atom. The lowest BCUT2D eigenvalue weighted by molar-refractivity contribution is 0.115. The highest BCUT2D eigenvalue weighted by Gasteiger charge is 2.30. The lowest BCUT2D eigenvalue weighted by atomic mass is 9.85. The quantitative estimate of drug-likeness (QED) is 0.700. The maximum atomic E-state index is 12.5. The maximum Gasteiger partial charge on any atom is 0.319 e. The van der Waals surface area contributed by atoms with Gasteiger partial charge in [0.05, 0.1) is 0 Å². The molecule has 2 atom stereocenters. The molecule has 2 fully saturated rings. The third kappa shape index (κ3) is 3.18. The molecule has 2 aliphatic rings. The zero-order chi connectivity index (χ0) is 13.0. The fraction of sp³-hybridized carbons (Fsp3) is 0.933. The molecular formula is C15H28N2O. The molecule has 2 rings (SSSR count). The van der Waals surface area contributed by atoms with Gasteiger partial charge in [-0.1, -0.05) is 32.6 Å². The summed E-state index contributed by atoms with van der Waals surface area (Å²) in [5.41, 5.74) is 0. The lowest BCUT2D eigenvalue weighted by Crippen LogP contribution is -2.49. The van der Waals surface area contributed by atoms with Crippen LogP contribution in [-0.2, 0) is 0 Å². The van der Waals surface area contributed by atoms with Crippen molar-refractivity contribution in [3.63, 3.8) is 0 Å². The smallest absolute Gasteiger partial charge is 0.319 e. The summed E-state index contributed by atoms with van der Waals surface area (Å²) >= 11 is 0. The van der Waals surface area contributed by atoms with Crippen molar-refractivity contribution in [2.24, 2.45) is 5.92 Å². The molecular weight excluding hydrogens is 224 g/mol. The predicted molar refractivity (Wildman–Crippen MR) is 74.6 cm³/mol. The highest BCUT2D eigenvalue weighted by atomic mass is 16.2. The van der Waals surface area contributed by atoms with Crippen molar-refractivity contribution in [2.75, 3.05) is 20.1 Å². The summed E-state index contributed by atoms with van der Waals surface area (Å²) in [4.78, 5) is 16.7. The number of urea groups is 1.